The Morgan fingerprint density at radius 1 is 1.14 bits per heavy atom. The molecule has 2 aromatic carbocycles. The Morgan fingerprint density at radius 3 is 2.48 bits per heavy atom. The molecule has 0 bridgehead atoms. The molecule has 0 fully saturated rings. The van der Waals surface area contributed by atoms with Gasteiger partial charge in [0.05, 0.1) is 4.90 Å². The van der Waals surface area contributed by atoms with Crippen LogP contribution >= 0.6 is 0 Å². The van der Waals surface area contributed by atoms with Crippen molar-refractivity contribution in [3.05, 3.63) is 59.7 Å². The van der Waals surface area contributed by atoms with Gasteiger partial charge in [-0.15, -0.1) is 0 Å². The first kappa shape index (κ1) is 22.9. The number of carbonyl (C=O) groups excluding carboxylic acids is 1. The monoisotopic (exact) mass is 420 g/mol. The molecule has 0 spiro atoms. The van der Waals surface area contributed by atoms with E-state index in [1.165, 1.54) is 28.6 Å². The van der Waals surface area contributed by atoms with Crippen molar-refractivity contribution in [2.75, 3.05) is 26.2 Å². The van der Waals surface area contributed by atoms with Gasteiger partial charge in [-0.1, -0.05) is 32.0 Å². The van der Waals surface area contributed by atoms with Gasteiger partial charge in [0, 0.05) is 25.2 Å². The van der Waals surface area contributed by atoms with Crippen molar-refractivity contribution in [3.63, 3.8) is 0 Å². The fraction of sp³-hybridized carbons (Fsp3) is 0.381. The number of hydrogen-bond acceptors (Lipinski definition) is 5. The lowest BCUT2D eigenvalue weighted by atomic mass is 10.2. The standard InChI is InChI=1S/C21H28N2O5S/c1-4-23(5-2)29(26,27)20-11-7-9-17(13-20)21(25)22-14-18(24)15-28-19-10-6-8-16(3)12-19/h6-13,18,24H,4-5,14-15H2,1-3H3,(H,22,25)/t18-/m1/s1. The zero-order valence-electron chi connectivity index (χ0n) is 17.0. The van der Waals surface area contributed by atoms with Crippen LogP contribution in [0.25, 0.3) is 0 Å². The minimum atomic E-state index is -3.65. The quantitative estimate of drug-likeness (QED) is 0.614. The number of nitrogens with one attached hydrogen (secondary N) is 1. The normalized spacial score (nSPS) is 12.6. The van der Waals surface area contributed by atoms with E-state index in [2.05, 4.69) is 5.32 Å². The summed E-state index contributed by atoms with van der Waals surface area (Å²) in [5, 5.41) is 12.7. The number of carbonyl (C=O) groups is 1. The summed E-state index contributed by atoms with van der Waals surface area (Å²) in [5.74, 6) is 0.181. The summed E-state index contributed by atoms with van der Waals surface area (Å²) in [6.45, 7) is 6.18. The van der Waals surface area contributed by atoms with Gasteiger partial charge in [-0.25, -0.2) is 8.42 Å². The van der Waals surface area contributed by atoms with Crippen molar-refractivity contribution in [2.24, 2.45) is 0 Å². The lowest BCUT2D eigenvalue weighted by Gasteiger charge is -2.19. The molecule has 2 aromatic rings. The SMILES string of the molecule is CCN(CC)S(=O)(=O)c1cccc(C(=O)NC[C@@H](O)COc2cccc(C)c2)c1. The third-order valence-corrected chi connectivity index (χ3v) is 6.42. The maximum atomic E-state index is 12.6. The molecular weight excluding hydrogens is 392 g/mol. The van der Waals surface area contributed by atoms with Gasteiger partial charge in [0.2, 0.25) is 10.0 Å². The van der Waals surface area contributed by atoms with E-state index in [9.17, 15) is 18.3 Å². The Morgan fingerprint density at radius 2 is 1.83 bits per heavy atom. The van der Waals surface area contributed by atoms with Crippen LogP contribution in [0.5, 0.6) is 5.75 Å². The minimum Gasteiger partial charge on any atom is -0.491 e. The van der Waals surface area contributed by atoms with Gasteiger partial charge in [0.15, 0.2) is 0 Å². The highest BCUT2D eigenvalue weighted by Crippen LogP contribution is 2.17. The molecule has 0 aromatic heterocycles. The molecule has 0 saturated heterocycles. The van der Waals surface area contributed by atoms with Gasteiger partial charge < -0.3 is 15.2 Å². The van der Waals surface area contributed by atoms with E-state index in [0.29, 0.717) is 18.8 Å². The predicted octanol–water partition coefficient (Wildman–Crippen LogP) is 2.20. The summed E-state index contributed by atoms with van der Waals surface area (Å²) in [6, 6.07) is 13.3. The van der Waals surface area contributed by atoms with Gasteiger partial charge in [-0.2, -0.15) is 4.31 Å². The van der Waals surface area contributed by atoms with Gasteiger partial charge in [-0.3, -0.25) is 4.79 Å². The zero-order valence-corrected chi connectivity index (χ0v) is 17.8. The number of ether oxygens (including phenoxy) is 1. The van der Waals surface area contributed by atoms with Crippen molar-refractivity contribution >= 4 is 15.9 Å². The first-order valence-electron chi connectivity index (χ1n) is 9.53. The summed E-state index contributed by atoms with van der Waals surface area (Å²) < 4.78 is 32.1. The zero-order chi connectivity index (χ0) is 21.4. The summed E-state index contributed by atoms with van der Waals surface area (Å²) in [6.07, 6.45) is -0.901. The molecule has 1 atom stereocenters. The first-order chi connectivity index (χ1) is 13.8. The molecule has 0 aliphatic heterocycles. The van der Waals surface area contributed by atoms with Crippen molar-refractivity contribution in [1.82, 2.24) is 9.62 Å². The molecular formula is C21H28N2O5S. The number of nitrogens with zero attached hydrogens (tertiary/aromatic N) is 1. The molecule has 2 N–H and O–H groups in total. The number of aryl methyl sites for hydroxylation is 1. The molecule has 158 valence electrons. The number of sulfonamides is 1. The summed E-state index contributed by atoms with van der Waals surface area (Å²) in [5.41, 5.74) is 1.26. The number of aliphatic hydroxyl groups excluding tert-OH is 1. The van der Waals surface area contributed by atoms with Crippen molar-refractivity contribution in [1.29, 1.82) is 0 Å². The minimum absolute atomic E-state index is 0.0162. The summed E-state index contributed by atoms with van der Waals surface area (Å²) >= 11 is 0. The van der Waals surface area contributed by atoms with Crippen LogP contribution < -0.4 is 10.1 Å². The van der Waals surface area contributed by atoms with E-state index in [1.807, 2.05) is 25.1 Å². The van der Waals surface area contributed by atoms with E-state index in [4.69, 9.17) is 4.74 Å². The fourth-order valence-corrected chi connectivity index (χ4v) is 4.28. The third kappa shape index (κ3) is 6.28. The lowest BCUT2D eigenvalue weighted by Crippen LogP contribution is -2.35. The highest BCUT2D eigenvalue weighted by molar-refractivity contribution is 7.89. The maximum absolute atomic E-state index is 12.6. The molecule has 7 nitrogen and oxygen atoms in total. The van der Waals surface area contributed by atoms with E-state index in [-0.39, 0.29) is 23.6 Å². The van der Waals surface area contributed by atoms with Crippen LogP contribution in [0.15, 0.2) is 53.4 Å². The topological polar surface area (TPSA) is 95.9 Å². The number of amides is 1. The third-order valence-electron chi connectivity index (χ3n) is 4.37. The molecule has 0 heterocycles. The smallest absolute Gasteiger partial charge is 0.251 e. The van der Waals surface area contributed by atoms with E-state index in [0.717, 1.165) is 5.56 Å². The number of aliphatic hydroxyl groups is 1. The van der Waals surface area contributed by atoms with Crippen LogP contribution in [0.3, 0.4) is 0 Å². The summed E-state index contributed by atoms with van der Waals surface area (Å²) in [7, 11) is -3.65. The Kier molecular flexibility index (Phi) is 8.19. The molecule has 0 aliphatic rings. The Hall–Kier alpha value is -2.42. The number of benzene rings is 2. The summed E-state index contributed by atoms with van der Waals surface area (Å²) in [4.78, 5) is 12.5. The van der Waals surface area contributed by atoms with Crippen LogP contribution in [0.4, 0.5) is 0 Å². The van der Waals surface area contributed by atoms with Crippen LogP contribution in [0, 0.1) is 6.92 Å². The molecule has 2 rings (SSSR count). The highest BCUT2D eigenvalue weighted by atomic mass is 32.2. The average molecular weight is 421 g/mol. The molecule has 0 radical (unpaired) electrons. The second kappa shape index (κ2) is 10.4. The largest absolute Gasteiger partial charge is 0.491 e. The molecule has 29 heavy (non-hydrogen) atoms. The van der Waals surface area contributed by atoms with E-state index >= 15 is 0 Å². The average Bonchev–Trinajstić information content (AvgIpc) is 2.71. The van der Waals surface area contributed by atoms with Gasteiger partial charge in [-0.05, 0) is 42.8 Å². The fourth-order valence-electron chi connectivity index (χ4n) is 2.78. The van der Waals surface area contributed by atoms with Crippen LogP contribution in [0.2, 0.25) is 0 Å². The van der Waals surface area contributed by atoms with Crippen LogP contribution in [-0.2, 0) is 10.0 Å². The second-order valence-electron chi connectivity index (χ2n) is 6.61. The predicted molar refractivity (Wildman–Crippen MR) is 112 cm³/mol. The van der Waals surface area contributed by atoms with Crippen molar-refractivity contribution in [3.8, 4) is 5.75 Å². The highest BCUT2D eigenvalue weighted by Gasteiger charge is 2.22. The van der Waals surface area contributed by atoms with Gasteiger partial charge >= 0.3 is 0 Å². The van der Waals surface area contributed by atoms with Gasteiger partial charge in [0.25, 0.3) is 5.91 Å². The Bertz CT molecular complexity index is 926. The first-order valence-corrected chi connectivity index (χ1v) is 11.0. The Labute approximate surface area is 172 Å². The van der Waals surface area contributed by atoms with Gasteiger partial charge in [0.1, 0.15) is 18.5 Å². The number of rotatable bonds is 10. The van der Waals surface area contributed by atoms with E-state index < -0.39 is 22.0 Å². The van der Waals surface area contributed by atoms with Crippen LogP contribution in [-0.4, -0.2) is 56.1 Å². The van der Waals surface area contributed by atoms with Crippen molar-refractivity contribution < 1.29 is 23.1 Å². The van der Waals surface area contributed by atoms with Crippen LogP contribution in [0.1, 0.15) is 29.8 Å². The number of hydrogen-bond donors (Lipinski definition) is 2. The van der Waals surface area contributed by atoms with Crippen molar-refractivity contribution in [2.45, 2.75) is 31.8 Å². The second-order valence-corrected chi connectivity index (χ2v) is 8.55. The molecule has 0 aliphatic carbocycles. The molecule has 8 heteroatoms. The molecule has 0 unspecified atom stereocenters. The molecule has 0 saturated carbocycles. The molecule has 1 amide bonds. The Balaban J connectivity index is 1.95. The van der Waals surface area contributed by atoms with E-state index in [1.54, 1.807) is 19.9 Å². The lowest BCUT2D eigenvalue weighted by molar-refractivity contribution is 0.0843. The maximum Gasteiger partial charge on any atom is 0.251 e.